The third kappa shape index (κ3) is 4.05. The maximum Gasteiger partial charge on any atom is 0.130 e. The highest BCUT2D eigenvalue weighted by molar-refractivity contribution is 5.55. The molecule has 1 unspecified atom stereocenters. The summed E-state index contributed by atoms with van der Waals surface area (Å²) in [6, 6.07) is 14.6. The Labute approximate surface area is 120 Å². The van der Waals surface area contributed by atoms with Crippen molar-refractivity contribution in [3.8, 4) is 0 Å². The van der Waals surface area contributed by atoms with Gasteiger partial charge in [-0.15, -0.1) is 0 Å². The molecule has 0 spiro atoms. The van der Waals surface area contributed by atoms with Gasteiger partial charge in [0.25, 0.3) is 0 Å². The van der Waals surface area contributed by atoms with Gasteiger partial charge < -0.3 is 11.1 Å². The highest BCUT2D eigenvalue weighted by atomic mass is 15.2. The van der Waals surface area contributed by atoms with Crippen LogP contribution in [0.15, 0.2) is 48.7 Å². The van der Waals surface area contributed by atoms with Gasteiger partial charge in [0.15, 0.2) is 0 Å². The first-order chi connectivity index (χ1) is 9.69. The summed E-state index contributed by atoms with van der Waals surface area (Å²) in [6.07, 6.45) is 2.87. The van der Waals surface area contributed by atoms with Crippen molar-refractivity contribution in [2.75, 3.05) is 19.0 Å². The third-order valence-corrected chi connectivity index (χ3v) is 3.44. The Morgan fingerprint density at radius 3 is 2.55 bits per heavy atom. The van der Waals surface area contributed by atoms with E-state index in [0.29, 0.717) is 12.7 Å². The average Bonchev–Trinajstić information content (AvgIpc) is 2.49. The molecule has 2 rings (SSSR count). The zero-order valence-corrected chi connectivity index (χ0v) is 12.1. The summed E-state index contributed by atoms with van der Waals surface area (Å²) in [6.45, 7) is 2.74. The number of rotatable bonds is 6. The molecule has 0 bridgehead atoms. The molecule has 1 heterocycles. The van der Waals surface area contributed by atoms with E-state index in [2.05, 4.69) is 28.2 Å². The van der Waals surface area contributed by atoms with Crippen molar-refractivity contribution in [1.29, 1.82) is 0 Å². The van der Waals surface area contributed by atoms with Crippen LogP contribution in [-0.2, 0) is 6.42 Å². The summed E-state index contributed by atoms with van der Waals surface area (Å²) in [5.41, 5.74) is 7.90. The van der Waals surface area contributed by atoms with Crippen molar-refractivity contribution < 1.29 is 0 Å². The molecule has 4 nitrogen and oxygen atoms in total. The van der Waals surface area contributed by atoms with Crippen molar-refractivity contribution in [1.82, 2.24) is 9.88 Å². The van der Waals surface area contributed by atoms with Crippen LogP contribution in [0.3, 0.4) is 0 Å². The lowest BCUT2D eigenvalue weighted by molar-refractivity contribution is 0.263. The summed E-state index contributed by atoms with van der Waals surface area (Å²) >= 11 is 0. The maximum atomic E-state index is 5.64. The Bertz CT molecular complexity index is 510. The molecular weight excluding hydrogens is 248 g/mol. The van der Waals surface area contributed by atoms with Gasteiger partial charge in [-0.3, -0.25) is 4.90 Å². The molecule has 0 saturated carbocycles. The molecule has 0 fully saturated rings. The van der Waals surface area contributed by atoms with Crippen molar-refractivity contribution >= 4 is 11.5 Å². The van der Waals surface area contributed by atoms with E-state index < -0.39 is 0 Å². The molecule has 0 aliphatic carbocycles. The van der Waals surface area contributed by atoms with E-state index in [0.717, 1.165) is 17.9 Å². The lowest BCUT2D eigenvalue weighted by Gasteiger charge is -2.22. The number of anilines is 2. The first-order valence-electron chi connectivity index (χ1n) is 6.86. The smallest absolute Gasteiger partial charge is 0.130 e. The fourth-order valence-corrected chi connectivity index (χ4v) is 1.97. The minimum Gasteiger partial charge on any atom is -0.340 e. The second-order valence-corrected chi connectivity index (χ2v) is 5.04. The normalized spacial score (nSPS) is 12.4. The van der Waals surface area contributed by atoms with Gasteiger partial charge in [-0.2, -0.15) is 0 Å². The Hall–Kier alpha value is -1.91. The molecule has 3 N–H and O–H groups in total. The Kier molecular flexibility index (Phi) is 5.09. The summed E-state index contributed by atoms with van der Waals surface area (Å²) in [4.78, 5) is 6.57. The van der Waals surface area contributed by atoms with Crippen molar-refractivity contribution in [2.45, 2.75) is 19.4 Å². The molecule has 0 aliphatic heterocycles. The minimum absolute atomic E-state index is 0.412. The fourth-order valence-electron chi connectivity index (χ4n) is 1.97. The first kappa shape index (κ1) is 14.5. The summed E-state index contributed by atoms with van der Waals surface area (Å²) in [7, 11) is 2.03. The van der Waals surface area contributed by atoms with Crippen LogP contribution in [0.1, 0.15) is 12.5 Å². The molecule has 2 aromatic rings. The number of nitrogens with two attached hydrogens (primary N) is 1. The number of likely N-dealkylation sites (N-methyl/N-ethyl adjacent to an activating group) is 1. The van der Waals surface area contributed by atoms with E-state index in [1.807, 2.05) is 49.6 Å². The molecular formula is C16H22N4. The van der Waals surface area contributed by atoms with Crippen LogP contribution < -0.4 is 11.1 Å². The number of pyridine rings is 1. The number of hydrogen-bond donors (Lipinski definition) is 2. The van der Waals surface area contributed by atoms with E-state index in [4.69, 9.17) is 5.73 Å². The Balaban J connectivity index is 1.96. The summed E-state index contributed by atoms with van der Waals surface area (Å²) < 4.78 is 0. The molecule has 1 aromatic heterocycles. The first-order valence-corrected chi connectivity index (χ1v) is 6.86. The molecule has 1 aromatic carbocycles. The molecule has 4 heteroatoms. The van der Waals surface area contributed by atoms with Crippen molar-refractivity contribution in [3.05, 3.63) is 54.2 Å². The molecule has 0 aliphatic rings. The number of nitrogens with one attached hydrogen (secondary N) is 1. The van der Waals surface area contributed by atoms with Crippen LogP contribution in [0.25, 0.3) is 0 Å². The second kappa shape index (κ2) is 7.03. The second-order valence-electron chi connectivity index (χ2n) is 5.04. The zero-order valence-electron chi connectivity index (χ0n) is 12.1. The summed E-state index contributed by atoms with van der Waals surface area (Å²) in [5.74, 6) is 0.861. The topological polar surface area (TPSA) is 54.2 Å². The largest absolute Gasteiger partial charge is 0.340 e. The number of nitrogens with zero attached hydrogens (tertiary/aromatic N) is 2. The van der Waals surface area contributed by atoms with Gasteiger partial charge >= 0.3 is 0 Å². The standard InChI is InChI=1S/C16H22N4/c1-13(20(2)12-17)10-14-8-9-16(18-11-14)19-15-6-4-3-5-7-15/h3-9,11,13H,10,12,17H2,1-2H3,(H,18,19). The van der Waals surface area contributed by atoms with E-state index >= 15 is 0 Å². The number of para-hydroxylation sites is 1. The monoisotopic (exact) mass is 270 g/mol. The van der Waals surface area contributed by atoms with Crippen LogP contribution in [-0.4, -0.2) is 29.6 Å². The SMILES string of the molecule is CC(Cc1ccc(Nc2ccccc2)nc1)N(C)CN. The van der Waals surface area contributed by atoms with Gasteiger partial charge in [0.05, 0.1) is 0 Å². The number of benzene rings is 1. The predicted molar refractivity (Wildman–Crippen MR) is 83.9 cm³/mol. The summed E-state index contributed by atoms with van der Waals surface area (Å²) in [5, 5.41) is 3.28. The number of hydrogen-bond acceptors (Lipinski definition) is 4. The molecule has 20 heavy (non-hydrogen) atoms. The van der Waals surface area contributed by atoms with Crippen LogP contribution in [0.2, 0.25) is 0 Å². The van der Waals surface area contributed by atoms with Crippen molar-refractivity contribution in [3.63, 3.8) is 0 Å². The average molecular weight is 270 g/mol. The minimum atomic E-state index is 0.412. The quantitative estimate of drug-likeness (QED) is 0.792. The van der Waals surface area contributed by atoms with E-state index in [1.54, 1.807) is 0 Å². The molecule has 0 amide bonds. The Morgan fingerprint density at radius 1 is 1.20 bits per heavy atom. The van der Waals surface area contributed by atoms with Crippen LogP contribution in [0.5, 0.6) is 0 Å². The highest BCUT2D eigenvalue weighted by Gasteiger charge is 2.08. The number of aromatic nitrogens is 1. The van der Waals surface area contributed by atoms with Crippen LogP contribution >= 0.6 is 0 Å². The van der Waals surface area contributed by atoms with Gasteiger partial charge in [0, 0.05) is 24.6 Å². The van der Waals surface area contributed by atoms with E-state index in [-0.39, 0.29) is 0 Å². The predicted octanol–water partition coefficient (Wildman–Crippen LogP) is 2.60. The lowest BCUT2D eigenvalue weighted by atomic mass is 10.1. The zero-order chi connectivity index (χ0) is 14.4. The molecule has 0 radical (unpaired) electrons. The van der Waals surface area contributed by atoms with Gasteiger partial charge in [-0.25, -0.2) is 4.98 Å². The van der Waals surface area contributed by atoms with Gasteiger partial charge in [0.2, 0.25) is 0 Å². The van der Waals surface area contributed by atoms with Gasteiger partial charge in [0.1, 0.15) is 5.82 Å². The fraction of sp³-hybridized carbons (Fsp3) is 0.312. The molecule has 1 atom stereocenters. The molecule has 106 valence electrons. The van der Waals surface area contributed by atoms with Gasteiger partial charge in [-0.1, -0.05) is 24.3 Å². The highest BCUT2D eigenvalue weighted by Crippen LogP contribution is 2.14. The van der Waals surface area contributed by atoms with Crippen molar-refractivity contribution in [2.24, 2.45) is 5.73 Å². The lowest BCUT2D eigenvalue weighted by Crippen LogP contribution is -2.35. The molecule has 0 saturated heterocycles. The third-order valence-electron chi connectivity index (χ3n) is 3.44. The van der Waals surface area contributed by atoms with E-state index in [1.165, 1.54) is 5.56 Å². The van der Waals surface area contributed by atoms with E-state index in [9.17, 15) is 0 Å². The maximum absolute atomic E-state index is 5.64. The van der Waals surface area contributed by atoms with Crippen LogP contribution in [0, 0.1) is 0 Å². The Morgan fingerprint density at radius 2 is 1.95 bits per heavy atom. The van der Waals surface area contributed by atoms with Crippen LogP contribution in [0.4, 0.5) is 11.5 Å². The van der Waals surface area contributed by atoms with Gasteiger partial charge in [-0.05, 0) is 44.2 Å².